The van der Waals surface area contributed by atoms with Crippen LogP contribution in [0.15, 0.2) is 33.9 Å². The average molecular weight is 390 g/mol. The molecule has 1 aromatic heterocycles. The van der Waals surface area contributed by atoms with Crippen molar-refractivity contribution in [3.05, 3.63) is 33.7 Å². The fourth-order valence-electron chi connectivity index (χ4n) is 1.27. The summed E-state index contributed by atoms with van der Waals surface area (Å²) in [5, 5.41) is 10.6. The predicted molar refractivity (Wildman–Crippen MR) is 80.7 cm³/mol. The van der Waals surface area contributed by atoms with Crippen molar-refractivity contribution < 1.29 is 9.21 Å². The van der Waals surface area contributed by atoms with Crippen LogP contribution >= 0.6 is 34.4 Å². The molecule has 0 saturated heterocycles. The Hall–Kier alpha value is -1.13. The van der Waals surface area contributed by atoms with Gasteiger partial charge in [-0.2, -0.15) is 0 Å². The fourth-order valence-corrected chi connectivity index (χ4v) is 2.39. The lowest BCUT2D eigenvalue weighted by Gasteiger charge is -2.03. The summed E-state index contributed by atoms with van der Waals surface area (Å²) in [4.78, 5) is 11.7. The second-order valence-corrected chi connectivity index (χ2v) is 5.69. The van der Waals surface area contributed by atoms with Crippen LogP contribution in [0.3, 0.4) is 0 Å². The summed E-state index contributed by atoms with van der Waals surface area (Å²) in [6.45, 7) is 0.197. The molecule has 0 bridgehead atoms. The van der Waals surface area contributed by atoms with Crippen molar-refractivity contribution in [2.45, 2.75) is 11.8 Å². The van der Waals surface area contributed by atoms with Crippen molar-refractivity contribution in [3.63, 3.8) is 0 Å². The molecule has 0 fully saturated rings. The third kappa shape index (κ3) is 4.48. The van der Waals surface area contributed by atoms with E-state index in [1.54, 1.807) is 0 Å². The van der Waals surface area contributed by atoms with E-state index in [0.717, 1.165) is 9.26 Å². The first-order valence-electron chi connectivity index (χ1n) is 5.38. The molecule has 6 nitrogen and oxygen atoms in total. The van der Waals surface area contributed by atoms with E-state index in [4.69, 9.17) is 10.2 Å². The molecule has 19 heavy (non-hydrogen) atoms. The zero-order valence-electron chi connectivity index (χ0n) is 9.80. The van der Waals surface area contributed by atoms with E-state index >= 15 is 0 Å². The zero-order valence-corrected chi connectivity index (χ0v) is 12.8. The number of thioether (sulfide) groups is 1. The van der Waals surface area contributed by atoms with Crippen LogP contribution in [0.4, 0.5) is 5.69 Å². The lowest BCUT2D eigenvalue weighted by Crippen LogP contribution is -2.14. The van der Waals surface area contributed by atoms with Crippen molar-refractivity contribution in [1.29, 1.82) is 0 Å². The fraction of sp³-hybridized carbons (Fsp3) is 0.182. The highest BCUT2D eigenvalue weighted by molar-refractivity contribution is 14.1. The van der Waals surface area contributed by atoms with Crippen molar-refractivity contribution in [3.8, 4) is 0 Å². The molecule has 0 unspecified atom stereocenters. The number of nitrogens with two attached hydrogens (primary N) is 1. The minimum absolute atomic E-state index is 0.125. The molecule has 3 N–H and O–H groups in total. The number of halogens is 1. The quantitative estimate of drug-likeness (QED) is 0.598. The molecular weight excluding hydrogens is 379 g/mol. The number of aromatic nitrogens is 2. The number of anilines is 1. The minimum Gasteiger partial charge on any atom is -0.415 e. The molecule has 0 radical (unpaired) electrons. The minimum atomic E-state index is -0.125. The SMILES string of the molecule is NCc1nnc(SCC(=O)Nc2cccc(I)c2)o1. The molecule has 0 aliphatic heterocycles. The van der Waals surface area contributed by atoms with Gasteiger partial charge in [0, 0.05) is 9.26 Å². The van der Waals surface area contributed by atoms with E-state index in [-0.39, 0.29) is 18.2 Å². The maximum atomic E-state index is 11.7. The molecule has 0 aliphatic rings. The Morgan fingerprint density at radius 2 is 2.32 bits per heavy atom. The highest BCUT2D eigenvalue weighted by Gasteiger charge is 2.09. The van der Waals surface area contributed by atoms with Gasteiger partial charge in [-0.3, -0.25) is 4.79 Å². The smallest absolute Gasteiger partial charge is 0.277 e. The molecule has 1 aromatic carbocycles. The highest BCUT2D eigenvalue weighted by Crippen LogP contribution is 2.17. The van der Waals surface area contributed by atoms with Gasteiger partial charge in [0.05, 0.1) is 12.3 Å². The van der Waals surface area contributed by atoms with Gasteiger partial charge < -0.3 is 15.5 Å². The largest absolute Gasteiger partial charge is 0.415 e. The van der Waals surface area contributed by atoms with Crippen molar-refractivity contribution >= 4 is 45.9 Å². The monoisotopic (exact) mass is 390 g/mol. The molecule has 0 spiro atoms. The Morgan fingerprint density at radius 1 is 1.47 bits per heavy atom. The van der Waals surface area contributed by atoms with Crippen LogP contribution in [-0.2, 0) is 11.3 Å². The second-order valence-electron chi connectivity index (χ2n) is 3.51. The zero-order chi connectivity index (χ0) is 13.7. The average Bonchev–Trinajstić information content (AvgIpc) is 2.84. The summed E-state index contributed by atoms with van der Waals surface area (Å²) in [7, 11) is 0. The van der Waals surface area contributed by atoms with Crippen LogP contribution < -0.4 is 11.1 Å². The molecule has 0 atom stereocenters. The number of carbonyl (C=O) groups excluding carboxylic acids is 1. The standard InChI is InChI=1S/C11H11IN4O2S/c12-7-2-1-3-8(4-7)14-9(17)6-19-11-16-15-10(5-13)18-11/h1-4H,5-6,13H2,(H,14,17). The van der Waals surface area contributed by atoms with E-state index in [9.17, 15) is 4.79 Å². The molecule has 0 saturated carbocycles. The number of nitrogens with zero attached hydrogens (tertiary/aromatic N) is 2. The van der Waals surface area contributed by atoms with Crippen LogP contribution in [0.25, 0.3) is 0 Å². The third-order valence-corrected chi connectivity index (χ3v) is 3.55. The van der Waals surface area contributed by atoms with Gasteiger partial charge in [-0.15, -0.1) is 10.2 Å². The van der Waals surface area contributed by atoms with Crippen LogP contribution in [0.1, 0.15) is 5.89 Å². The molecule has 1 amide bonds. The molecule has 0 aliphatic carbocycles. The second kappa shape index (κ2) is 6.87. The van der Waals surface area contributed by atoms with Gasteiger partial charge in [-0.25, -0.2) is 0 Å². The van der Waals surface area contributed by atoms with Gasteiger partial charge in [0.1, 0.15) is 0 Å². The predicted octanol–water partition coefficient (Wildman–Crippen LogP) is 1.86. The molecule has 2 rings (SSSR count). The van der Waals surface area contributed by atoms with E-state index in [1.165, 1.54) is 11.8 Å². The lowest BCUT2D eigenvalue weighted by atomic mass is 10.3. The maximum absolute atomic E-state index is 11.7. The maximum Gasteiger partial charge on any atom is 0.277 e. The summed E-state index contributed by atoms with van der Waals surface area (Å²) >= 11 is 3.37. The highest BCUT2D eigenvalue weighted by atomic mass is 127. The summed E-state index contributed by atoms with van der Waals surface area (Å²) in [5.74, 6) is 0.442. The van der Waals surface area contributed by atoms with Crippen molar-refractivity contribution in [2.75, 3.05) is 11.1 Å². The summed E-state index contributed by atoms with van der Waals surface area (Å²) in [6, 6.07) is 7.57. The van der Waals surface area contributed by atoms with Gasteiger partial charge in [0.15, 0.2) is 0 Å². The Bertz CT molecular complexity index is 575. The van der Waals surface area contributed by atoms with Gasteiger partial charge in [-0.05, 0) is 40.8 Å². The van der Waals surface area contributed by atoms with E-state index in [1.807, 2.05) is 24.3 Å². The number of hydrogen-bond acceptors (Lipinski definition) is 6. The van der Waals surface area contributed by atoms with Crippen LogP contribution in [0.5, 0.6) is 0 Å². The van der Waals surface area contributed by atoms with Crippen molar-refractivity contribution in [2.24, 2.45) is 5.73 Å². The summed E-state index contributed by atoms with van der Waals surface area (Å²) < 4.78 is 6.25. The molecule has 100 valence electrons. The van der Waals surface area contributed by atoms with Gasteiger partial charge in [0.25, 0.3) is 5.22 Å². The van der Waals surface area contributed by atoms with E-state index in [2.05, 4.69) is 38.1 Å². The Labute approximate surface area is 127 Å². The normalized spacial score (nSPS) is 10.4. The van der Waals surface area contributed by atoms with Gasteiger partial charge >= 0.3 is 0 Å². The van der Waals surface area contributed by atoms with Gasteiger partial charge in [-0.1, -0.05) is 17.8 Å². The Balaban J connectivity index is 1.84. The van der Waals surface area contributed by atoms with Crippen LogP contribution in [-0.4, -0.2) is 21.9 Å². The summed E-state index contributed by atoms with van der Waals surface area (Å²) in [5.41, 5.74) is 6.12. The molecule has 2 aromatic rings. The lowest BCUT2D eigenvalue weighted by molar-refractivity contribution is -0.113. The molecule has 1 heterocycles. The van der Waals surface area contributed by atoms with Crippen LogP contribution in [0, 0.1) is 3.57 Å². The molecule has 8 heteroatoms. The molecular formula is C11H11IN4O2S. The van der Waals surface area contributed by atoms with Crippen molar-refractivity contribution in [1.82, 2.24) is 10.2 Å². The number of rotatable bonds is 5. The van der Waals surface area contributed by atoms with Gasteiger partial charge in [0.2, 0.25) is 11.8 Å². The first-order chi connectivity index (χ1) is 9.17. The number of benzene rings is 1. The Kier molecular flexibility index (Phi) is 5.16. The van der Waals surface area contributed by atoms with E-state index < -0.39 is 0 Å². The Morgan fingerprint density at radius 3 is 3.00 bits per heavy atom. The third-order valence-electron chi connectivity index (χ3n) is 2.06. The number of carbonyl (C=O) groups is 1. The first-order valence-corrected chi connectivity index (χ1v) is 7.44. The first kappa shape index (κ1) is 14.3. The number of nitrogens with one attached hydrogen (secondary N) is 1. The number of amides is 1. The number of hydrogen-bond donors (Lipinski definition) is 2. The topological polar surface area (TPSA) is 94.0 Å². The van der Waals surface area contributed by atoms with Crippen LogP contribution in [0.2, 0.25) is 0 Å². The van der Waals surface area contributed by atoms with E-state index in [0.29, 0.717) is 11.1 Å². The summed E-state index contributed by atoms with van der Waals surface area (Å²) in [6.07, 6.45) is 0.